The summed E-state index contributed by atoms with van der Waals surface area (Å²) in [5.74, 6) is -1.23. The molecule has 3 rings (SSSR count). The van der Waals surface area contributed by atoms with Crippen molar-refractivity contribution in [1.82, 2.24) is 4.90 Å². The quantitative estimate of drug-likeness (QED) is 0.875. The molecule has 0 saturated carbocycles. The van der Waals surface area contributed by atoms with Crippen LogP contribution in [0.5, 0.6) is 11.5 Å². The summed E-state index contributed by atoms with van der Waals surface area (Å²) in [7, 11) is 1.48. The number of hydrogen-bond donors (Lipinski definition) is 0. The van der Waals surface area contributed by atoms with Crippen LogP contribution in [0, 0.1) is 11.6 Å². The van der Waals surface area contributed by atoms with Crippen molar-refractivity contribution in [1.29, 1.82) is 0 Å². The van der Waals surface area contributed by atoms with E-state index in [1.807, 2.05) is 0 Å². The first-order valence-electron chi connectivity index (χ1n) is 6.64. The molecule has 1 aliphatic heterocycles. The van der Waals surface area contributed by atoms with Gasteiger partial charge in [0.25, 0.3) is 5.91 Å². The molecule has 4 nitrogen and oxygen atoms in total. The fraction of sp³-hybridized carbons (Fsp3) is 0.188. The van der Waals surface area contributed by atoms with E-state index >= 15 is 0 Å². The molecule has 0 spiro atoms. The van der Waals surface area contributed by atoms with Gasteiger partial charge >= 0.3 is 0 Å². The van der Waals surface area contributed by atoms with E-state index in [4.69, 9.17) is 9.47 Å². The van der Waals surface area contributed by atoms with Crippen LogP contribution in [0.3, 0.4) is 0 Å². The van der Waals surface area contributed by atoms with Crippen molar-refractivity contribution in [3.63, 3.8) is 0 Å². The average molecular weight is 305 g/mol. The van der Waals surface area contributed by atoms with Gasteiger partial charge in [-0.3, -0.25) is 4.79 Å². The summed E-state index contributed by atoms with van der Waals surface area (Å²) >= 11 is 0. The number of hydrogen-bond acceptors (Lipinski definition) is 3. The molecule has 0 fully saturated rings. The molecule has 114 valence electrons. The highest BCUT2D eigenvalue weighted by molar-refractivity contribution is 5.94. The summed E-state index contributed by atoms with van der Waals surface area (Å²) in [5.41, 5.74) is 0.225. The normalized spacial score (nSPS) is 12.3. The van der Waals surface area contributed by atoms with Crippen molar-refractivity contribution >= 4 is 5.91 Å². The zero-order valence-corrected chi connectivity index (χ0v) is 11.8. The second kappa shape index (κ2) is 5.63. The maximum atomic E-state index is 13.7. The monoisotopic (exact) mass is 305 g/mol. The summed E-state index contributed by atoms with van der Waals surface area (Å²) in [4.78, 5) is 13.5. The minimum Gasteiger partial charge on any atom is -0.454 e. The SMILES string of the molecule is CN(Cc1ccc2c(c1)OCO2)C(=O)c1c(F)cccc1F. The number of carbonyl (C=O) groups excluding carboxylic acids is 1. The number of rotatable bonds is 3. The zero-order chi connectivity index (χ0) is 15.7. The summed E-state index contributed by atoms with van der Waals surface area (Å²) in [6.07, 6.45) is 0. The first-order valence-corrected chi connectivity index (χ1v) is 6.64. The van der Waals surface area contributed by atoms with E-state index in [0.717, 1.165) is 17.7 Å². The number of halogens is 2. The summed E-state index contributed by atoms with van der Waals surface area (Å²) in [6.45, 7) is 0.358. The van der Waals surface area contributed by atoms with Gasteiger partial charge in [0.15, 0.2) is 11.5 Å². The van der Waals surface area contributed by atoms with Crippen LogP contribution in [-0.2, 0) is 6.54 Å². The van der Waals surface area contributed by atoms with Crippen LogP contribution in [0.15, 0.2) is 36.4 Å². The molecule has 0 bridgehead atoms. The lowest BCUT2D eigenvalue weighted by Gasteiger charge is -2.18. The Bertz CT molecular complexity index is 713. The summed E-state index contributed by atoms with van der Waals surface area (Å²) in [6, 6.07) is 8.59. The third-order valence-corrected chi connectivity index (χ3v) is 3.38. The molecule has 22 heavy (non-hydrogen) atoms. The Kier molecular flexibility index (Phi) is 3.66. The Morgan fingerprint density at radius 3 is 2.55 bits per heavy atom. The molecule has 0 N–H and O–H groups in total. The summed E-state index contributed by atoms with van der Waals surface area (Å²) < 4.78 is 37.8. The van der Waals surface area contributed by atoms with Crippen molar-refractivity contribution in [2.24, 2.45) is 0 Å². The molecule has 1 heterocycles. The largest absolute Gasteiger partial charge is 0.454 e. The highest BCUT2D eigenvalue weighted by Crippen LogP contribution is 2.32. The summed E-state index contributed by atoms with van der Waals surface area (Å²) in [5, 5.41) is 0. The van der Waals surface area contributed by atoms with Gasteiger partial charge < -0.3 is 14.4 Å². The third-order valence-electron chi connectivity index (χ3n) is 3.38. The van der Waals surface area contributed by atoms with Gasteiger partial charge in [-0.1, -0.05) is 12.1 Å². The average Bonchev–Trinajstić information content (AvgIpc) is 2.94. The first kappa shape index (κ1) is 14.3. The van der Waals surface area contributed by atoms with E-state index in [1.54, 1.807) is 18.2 Å². The predicted molar refractivity (Wildman–Crippen MR) is 74.7 cm³/mol. The van der Waals surface area contributed by atoms with E-state index in [-0.39, 0.29) is 13.3 Å². The predicted octanol–water partition coefficient (Wildman–Crippen LogP) is 2.97. The smallest absolute Gasteiger partial charge is 0.259 e. The Morgan fingerprint density at radius 2 is 1.82 bits per heavy atom. The molecule has 6 heteroatoms. The van der Waals surface area contributed by atoms with Gasteiger partial charge in [0.2, 0.25) is 6.79 Å². The second-order valence-corrected chi connectivity index (χ2v) is 4.95. The van der Waals surface area contributed by atoms with Crippen LogP contribution in [-0.4, -0.2) is 24.6 Å². The molecule has 0 aromatic heterocycles. The van der Waals surface area contributed by atoms with Crippen molar-refractivity contribution in [3.8, 4) is 11.5 Å². The van der Waals surface area contributed by atoms with Crippen molar-refractivity contribution in [3.05, 3.63) is 59.2 Å². The molecule has 0 radical (unpaired) electrons. The van der Waals surface area contributed by atoms with Crippen LogP contribution < -0.4 is 9.47 Å². The highest BCUT2D eigenvalue weighted by atomic mass is 19.1. The van der Waals surface area contributed by atoms with Crippen molar-refractivity contribution < 1.29 is 23.0 Å². The highest BCUT2D eigenvalue weighted by Gasteiger charge is 2.21. The number of benzene rings is 2. The number of carbonyl (C=O) groups is 1. The van der Waals surface area contributed by atoms with Gasteiger partial charge in [-0.15, -0.1) is 0 Å². The van der Waals surface area contributed by atoms with Gasteiger partial charge in [0, 0.05) is 13.6 Å². The Labute approximate surface area is 125 Å². The van der Waals surface area contributed by atoms with E-state index in [1.165, 1.54) is 18.0 Å². The number of nitrogens with zero attached hydrogens (tertiary/aromatic N) is 1. The number of fused-ring (bicyclic) bond motifs is 1. The zero-order valence-electron chi connectivity index (χ0n) is 11.8. The topological polar surface area (TPSA) is 38.8 Å². The van der Waals surface area contributed by atoms with E-state index < -0.39 is 23.1 Å². The molecule has 1 aliphatic rings. The first-order chi connectivity index (χ1) is 10.6. The minimum absolute atomic E-state index is 0.161. The lowest BCUT2D eigenvalue weighted by molar-refractivity contribution is 0.0775. The second-order valence-electron chi connectivity index (χ2n) is 4.95. The maximum absolute atomic E-state index is 13.7. The van der Waals surface area contributed by atoms with Gasteiger partial charge in [-0.25, -0.2) is 8.78 Å². The fourth-order valence-electron chi connectivity index (χ4n) is 2.28. The van der Waals surface area contributed by atoms with Crippen LogP contribution in [0.25, 0.3) is 0 Å². The third kappa shape index (κ3) is 2.59. The van der Waals surface area contributed by atoms with Crippen LogP contribution in [0.4, 0.5) is 8.78 Å². The molecule has 0 unspecified atom stereocenters. The number of ether oxygens (including phenoxy) is 2. The van der Waals surface area contributed by atoms with E-state index in [9.17, 15) is 13.6 Å². The lowest BCUT2D eigenvalue weighted by atomic mass is 10.1. The fourth-order valence-corrected chi connectivity index (χ4v) is 2.28. The molecule has 0 aliphatic carbocycles. The van der Waals surface area contributed by atoms with E-state index in [0.29, 0.717) is 11.5 Å². The Balaban J connectivity index is 1.79. The molecular weight excluding hydrogens is 292 g/mol. The maximum Gasteiger partial charge on any atom is 0.259 e. The van der Waals surface area contributed by atoms with Crippen LogP contribution in [0.1, 0.15) is 15.9 Å². The standard InChI is InChI=1S/C16H13F2NO3/c1-19(16(20)15-11(17)3-2-4-12(15)18)8-10-5-6-13-14(7-10)22-9-21-13/h2-7H,8-9H2,1H3. The van der Waals surface area contributed by atoms with Crippen LogP contribution in [0.2, 0.25) is 0 Å². The molecule has 2 aromatic carbocycles. The van der Waals surface area contributed by atoms with Gasteiger partial charge in [-0.2, -0.15) is 0 Å². The van der Waals surface area contributed by atoms with Crippen LogP contribution >= 0.6 is 0 Å². The molecule has 0 atom stereocenters. The number of amides is 1. The molecular formula is C16H13F2NO3. The van der Waals surface area contributed by atoms with Gasteiger partial charge in [0.05, 0.1) is 0 Å². The molecule has 1 amide bonds. The Hall–Kier alpha value is -2.63. The van der Waals surface area contributed by atoms with Crippen molar-refractivity contribution in [2.75, 3.05) is 13.8 Å². The van der Waals surface area contributed by atoms with E-state index in [2.05, 4.69) is 0 Å². The lowest BCUT2D eigenvalue weighted by Crippen LogP contribution is -2.28. The molecule has 0 saturated heterocycles. The van der Waals surface area contributed by atoms with Gasteiger partial charge in [-0.05, 0) is 29.8 Å². The minimum atomic E-state index is -0.873. The van der Waals surface area contributed by atoms with Crippen molar-refractivity contribution in [2.45, 2.75) is 6.54 Å². The van der Waals surface area contributed by atoms with Gasteiger partial charge in [0.1, 0.15) is 17.2 Å². The molecule has 2 aromatic rings. The Morgan fingerprint density at radius 1 is 1.14 bits per heavy atom.